The van der Waals surface area contributed by atoms with Gasteiger partial charge in [0.05, 0.1) is 11.6 Å². The number of halogens is 4. The van der Waals surface area contributed by atoms with Crippen LogP contribution < -0.4 is 16.0 Å². The van der Waals surface area contributed by atoms with E-state index in [1.54, 1.807) is 41.9 Å². The molecule has 3 N–H and O–H groups in total. The van der Waals surface area contributed by atoms with E-state index < -0.39 is 0 Å². The first-order valence-electron chi connectivity index (χ1n) is 7.90. The Morgan fingerprint density at radius 1 is 1.07 bits per heavy atom. The van der Waals surface area contributed by atoms with Gasteiger partial charge in [-0.3, -0.25) is 9.79 Å². The summed E-state index contributed by atoms with van der Waals surface area (Å²) in [6.45, 7) is 1.48. The van der Waals surface area contributed by atoms with Crippen molar-refractivity contribution in [2.75, 3.05) is 20.1 Å². The largest absolute Gasteiger partial charge is 0.355 e. The van der Waals surface area contributed by atoms with Crippen LogP contribution in [0.1, 0.15) is 16.1 Å². The standard InChI is InChI=1S/C17H20Cl3N5O.HI/c1-21-17(24-10-13-9-14(19)15(20)25(13)2)23-8-7-22-16(26)11-3-5-12(18)6-4-11;/h3-6,9H,7-8,10H2,1-2H3,(H,22,26)(H2,21,23,24);1H. The quantitative estimate of drug-likeness (QED) is 0.225. The second kappa shape index (κ2) is 11.6. The van der Waals surface area contributed by atoms with Crippen LogP contribution in [0.2, 0.25) is 15.2 Å². The Labute approximate surface area is 190 Å². The summed E-state index contributed by atoms with van der Waals surface area (Å²) in [5.74, 6) is 0.457. The molecule has 0 spiro atoms. The molecule has 0 saturated carbocycles. The van der Waals surface area contributed by atoms with Crippen molar-refractivity contribution in [2.24, 2.45) is 12.0 Å². The fourth-order valence-electron chi connectivity index (χ4n) is 2.21. The van der Waals surface area contributed by atoms with Crippen LogP contribution in [-0.2, 0) is 13.6 Å². The monoisotopic (exact) mass is 543 g/mol. The molecule has 0 aliphatic rings. The van der Waals surface area contributed by atoms with E-state index in [9.17, 15) is 4.79 Å². The van der Waals surface area contributed by atoms with Gasteiger partial charge in [0.25, 0.3) is 5.91 Å². The predicted molar refractivity (Wildman–Crippen MR) is 123 cm³/mol. The van der Waals surface area contributed by atoms with Crippen molar-refractivity contribution in [3.8, 4) is 0 Å². The Hall–Kier alpha value is -1.16. The molecule has 1 amide bonds. The van der Waals surface area contributed by atoms with E-state index in [0.29, 0.717) is 46.4 Å². The number of carbonyl (C=O) groups excluding carboxylic acids is 1. The van der Waals surface area contributed by atoms with Crippen LogP contribution in [0, 0.1) is 0 Å². The molecule has 1 heterocycles. The Bertz CT molecular complexity index is 793. The van der Waals surface area contributed by atoms with Crippen molar-refractivity contribution in [3.05, 3.63) is 56.8 Å². The van der Waals surface area contributed by atoms with E-state index in [0.717, 1.165) is 5.69 Å². The average molecular weight is 545 g/mol. The van der Waals surface area contributed by atoms with Gasteiger partial charge in [0, 0.05) is 43.5 Å². The highest BCUT2D eigenvalue weighted by molar-refractivity contribution is 14.0. The molecule has 27 heavy (non-hydrogen) atoms. The first-order chi connectivity index (χ1) is 12.4. The fourth-order valence-corrected chi connectivity index (χ4v) is 2.76. The maximum atomic E-state index is 12.0. The van der Waals surface area contributed by atoms with Crippen LogP contribution in [0.3, 0.4) is 0 Å². The molecule has 1 aromatic carbocycles. The van der Waals surface area contributed by atoms with Crippen molar-refractivity contribution < 1.29 is 4.79 Å². The van der Waals surface area contributed by atoms with E-state index in [1.807, 2.05) is 7.05 Å². The molecule has 0 unspecified atom stereocenters. The maximum Gasteiger partial charge on any atom is 0.251 e. The Morgan fingerprint density at radius 3 is 2.26 bits per heavy atom. The number of rotatable bonds is 6. The highest BCUT2D eigenvalue weighted by Crippen LogP contribution is 2.24. The summed E-state index contributed by atoms with van der Waals surface area (Å²) >= 11 is 17.9. The minimum atomic E-state index is -0.153. The lowest BCUT2D eigenvalue weighted by molar-refractivity contribution is 0.0954. The summed E-state index contributed by atoms with van der Waals surface area (Å²) in [6, 6.07) is 8.53. The second-order valence-electron chi connectivity index (χ2n) is 5.45. The number of aromatic nitrogens is 1. The minimum absolute atomic E-state index is 0. The van der Waals surface area contributed by atoms with Crippen LogP contribution >= 0.6 is 58.8 Å². The fraction of sp³-hybridized carbons (Fsp3) is 0.294. The smallest absolute Gasteiger partial charge is 0.251 e. The van der Waals surface area contributed by atoms with Gasteiger partial charge in [-0.1, -0.05) is 34.8 Å². The third kappa shape index (κ3) is 7.06. The Morgan fingerprint density at radius 2 is 1.70 bits per heavy atom. The average Bonchev–Trinajstić information content (AvgIpc) is 2.88. The lowest BCUT2D eigenvalue weighted by atomic mass is 10.2. The van der Waals surface area contributed by atoms with Crippen LogP contribution in [0.4, 0.5) is 0 Å². The van der Waals surface area contributed by atoms with Gasteiger partial charge < -0.3 is 20.5 Å². The topological polar surface area (TPSA) is 70.4 Å². The van der Waals surface area contributed by atoms with Crippen LogP contribution in [-0.4, -0.2) is 36.6 Å². The Kier molecular flexibility index (Phi) is 10.3. The molecule has 1 aromatic heterocycles. The normalized spacial score (nSPS) is 10.9. The number of aliphatic imine (C=N–C) groups is 1. The summed E-state index contributed by atoms with van der Waals surface area (Å²) in [6.07, 6.45) is 0. The Balaban J connectivity index is 0.00000364. The number of guanidine groups is 1. The van der Waals surface area contributed by atoms with Crippen molar-refractivity contribution >= 4 is 70.6 Å². The van der Waals surface area contributed by atoms with Crippen LogP contribution in [0.15, 0.2) is 35.3 Å². The zero-order chi connectivity index (χ0) is 19.1. The van der Waals surface area contributed by atoms with Gasteiger partial charge >= 0.3 is 0 Å². The van der Waals surface area contributed by atoms with Crippen molar-refractivity contribution in [1.29, 1.82) is 0 Å². The van der Waals surface area contributed by atoms with E-state index in [1.165, 1.54) is 0 Å². The third-order valence-electron chi connectivity index (χ3n) is 3.69. The molecule has 0 aliphatic heterocycles. The van der Waals surface area contributed by atoms with Gasteiger partial charge in [-0.05, 0) is 30.3 Å². The summed E-state index contributed by atoms with van der Waals surface area (Å²) in [5.41, 5.74) is 1.49. The van der Waals surface area contributed by atoms with Gasteiger partial charge in [0.1, 0.15) is 5.15 Å². The molecule has 148 valence electrons. The van der Waals surface area contributed by atoms with Crippen LogP contribution in [0.25, 0.3) is 0 Å². The van der Waals surface area contributed by atoms with E-state index in [-0.39, 0.29) is 29.9 Å². The number of nitrogens with zero attached hydrogens (tertiary/aromatic N) is 2. The van der Waals surface area contributed by atoms with Gasteiger partial charge in [-0.15, -0.1) is 24.0 Å². The van der Waals surface area contributed by atoms with Gasteiger partial charge in [0.2, 0.25) is 0 Å². The van der Waals surface area contributed by atoms with E-state index in [4.69, 9.17) is 34.8 Å². The molecule has 0 atom stereocenters. The molecule has 2 aromatic rings. The summed E-state index contributed by atoms with van der Waals surface area (Å²) < 4.78 is 1.80. The van der Waals surface area contributed by atoms with Crippen molar-refractivity contribution in [2.45, 2.75) is 6.54 Å². The first-order valence-corrected chi connectivity index (χ1v) is 9.03. The predicted octanol–water partition coefficient (Wildman–Crippen LogP) is 3.70. The van der Waals surface area contributed by atoms with E-state index in [2.05, 4.69) is 20.9 Å². The van der Waals surface area contributed by atoms with Gasteiger partial charge in [-0.25, -0.2) is 0 Å². The molecule has 0 radical (unpaired) electrons. The summed E-state index contributed by atoms with van der Waals surface area (Å²) in [4.78, 5) is 16.1. The SMILES string of the molecule is CN=C(NCCNC(=O)c1ccc(Cl)cc1)NCc1cc(Cl)c(Cl)n1C.I. The summed E-state index contributed by atoms with van der Waals surface area (Å²) in [5, 5.41) is 10.7. The molecule has 0 fully saturated rings. The van der Waals surface area contributed by atoms with Crippen LogP contribution in [0.5, 0.6) is 0 Å². The molecular weight excluding hydrogens is 523 g/mol. The first kappa shape index (κ1) is 23.9. The molecule has 0 saturated heterocycles. The van der Waals surface area contributed by atoms with Gasteiger partial charge in [-0.2, -0.15) is 0 Å². The molecular formula is C17H21Cl3IN5O. The number of nitrogens with one attached hydrogen (secondary N) is 3. The number of hydrogen-bond acceptors (Lipinski definition) is 2. The highest BCUT2D eigenvalue weighted by atomic mass is 127. The van der Waals surface area contributed by atoms with Crippen molar-refractivity contribution in [1.82, 2.24) is 20.5 Å². The lowest BCUT2D eigenvalue weighted by Crippen LogP contribution is -2.41. The number of amides is 1. The van der Waals surface area contributed by atoms with Crippen molar-refractivity contribution in [3.63, 3.8) is 0 Å². The molecule has 2 rings (SSSR count). The second-order valence-corrected chi connectivity index (χ2v) is 6.65. The third-order valence-corrected chi connectivity index (χ3v) is 4.78. The number of hydrogen-bond donors (Lipinski definition) is 3. The molecule has 0 aliphatic carbocycles. The minimum Gasteiger partial charge on any atom is -0.355 e. The highest BCUT2D eigenvalue weighted by Gasteiger charge is 2.09. The zero-order valence-electron chi connectivity index (χ0n) is 14.9. The van der Waals surface area contributed by atoms with E-state index >= 15 is 0 Å². The van der Waals surface area contributed by atoms with Gasteiger partial charge in [0.15, 0.2) is 5.96 Å². The number of benzene rings is 1. The number of carbonyl (C=O) groups is 1. The summed E-state index contributed by atoms with van der Waals surface area (Å²) in [7, 11) is 3.51. The zero-order valence-corrected chi connectivity index (χ0v) is 19.5. The molecule has 10 heteroatoms. The maximum absolute atomic E-state index is 12.0. The lowest BCUT2D eigenvalue weighted by Gasteiger charge is -2.13. The molecule has 0 bridgehead atoms. The molecule has 6 nitrogen and oxygen atoms in total.